The first-order valence-corrected chi connectivity index (χ1v) is 5.75. The Hall–Kier alpha value is -0.570. The van der Waals surface area contributed by atoms with Crippen molar-refractivity contribution in [3.8, 4) is 0 Å². The number of hydrogen-bond acceptors (Lipinski definition) is 2. The average Bonchev–Trinajstić information content (AvgIpc) is 2.33. The summed E-state index contributed by atoms with van der Waals surface area (Å²) in [5, 5.41) is 3.34. The van der Waals surface area contributed by atoms with E-state index in [9.17, 15) is 4.79 Å². The van der Waals surface area contributed by atoms with Gasteiger partial charge in [-0.3, -0.25) is 4.79 Å². The number of likely N-dealkylation sites (tertiary alicyclic amines) is 1. The first-order chi connectivity index (χ1) is 6.74. The third-order valence-corrected chi connectivity index (χ3v) is 2.72. The molecule has 0 aromatic heterocycles. The third-order valence-electron chi connectivity index (χ3n) is 2.72. The first-order valence-electron chi connectivity index (χ1n) is 5.75. The standard InChI is InChI=1S/C11H22N2O/c1-3-12-10(2)9-13-8-6-4-5-7-11(13)14/h10,12H,3-9H2,1-2H3. The Balaban J connectivity index is 2.36. The van der Waals surface area contributed by atoms with Gasteiger partial charge in [-0.1, -0.05) is 13.3 Å². The molecule has 1 N–H and O–H groups in total. The Labute approximate surface area is 86.9 Å². The van der Waals surface area contributed by atoms with Crippen LogP contribution in [0.1, 0.15) is 39.5 Å². The van der Waals surface area contributed by atoms with Crippen LogP contribution in [-0.2, 0) is 4.79 Å². The van der Waals surface area contributed by atoms with Crippen molar-refractivity contribution in [3.63, 3.8) is 0 Å². The molecule has 0 bridgehead atoms. The van der Waals surface area contributed by atoms with Crippen LogP contribution in [0.25, 0.3) is 0 Å². The van der Waals surface area contributed by atoms with Crippen LogP contribution < -0.4 is 5.32 Å². The highest BCUT2D eigenvalue weighted by Crippen LogP contribution is 2.11. The number of amides is 1. The van der Waals surface area contributed by atoms with Crippen molar-refractivity contribution in [2.45, 2.75) is 45.6 Å². The normalized spacial score (nSPS) is 20.7. The van der Waals surface area contributed by atoms with Gasteiger partial charge in [0.15, 0.2) is 0 Å². The van der Waals surface area contributed by atoms with Crippen LogP contribution in [0, 0.1) is 0 Å². The molecule has 0 aliphatic carbocycles. The predicted molar refractivity (Wildman–Crippen MR) is 58.2 cm³/mol. The molecule has 1 fully saturated rings. The van der Waals surface area contributed by atoms with Gasteiger partial charge < -0.3 is 10.2 Å². The van der Waals surface area contributed by atoms with E-state index in [1.54, 1.807) is 0 Å². The van der Waals surface area contributed by atoms with Gasteiger partial charge in [0, 0.05) is 25.6 Å². The summed E-state index contributed by atoms with van der Waals surface area (Å²) in [6, 6.07) is 0.419. The fourth-order valence-electron chi connectivity index (χ4n) is 1.98. The molecule has 3 heteroatoms. The molecular formula is C11H22N2O. The van der Waals surface area contributed by atoms with Crippen molar-refractivity contribution in [2.24, 2.45) is 0 Å². The Morgan fingerprint density at radius 2 is 2.21 bits per heavy atom. The summed E-state index contributed by atoms with van der Waals surface area (Å²) in [5.74, 6) is 0.340. The zero-order valence-corrected chi connectivity index (χ0v) is 9.38. The number of hydrogen-bond donors (Lipinski definition) is 1. The summed E-state index contributed by atoms with van der Waals surface area (Å²) in [6.07, 6.45) is 4.20. The zero-order chi connectivity index (χ0) is 10.4. The molecule has 82 valence electrons. The molecule has 3 nitrogen and oxygen atoms in total. The highest BCUT2D eigenvalue weighted by molar-refractivity contribution is 5.76. The van der Waals surface area contributed by atoms with Crippen molar-refractivity contribution in [2.75, 3.05) is 19.6 Å². The van der Waals surface area contributed by atoms with Crippen LogP contribution in [0.3, 0.4) is 0 Å². The summed E-state index contributed by atoms with van der Waals surface area (Å²) in [5.41, 5.74) is 0. The van der Waals surface area contributed by atoms with E-state index >= 15 is 0 Å². The molecule has 1 atom stereocenters. The summed E-state index contributed by atoms with van der Waals surface area (Å²) >= 11 is 0. The highest BCUT2D eigenvalue weighted by Gasteiger charge is 2.17. The minimum Gasteiger partial charge on any atom is -0.341 e. The molecule has 1 unspecified atom stereocenters. The summed E-state index contributed by atoms with van der Waals surface area (Å²) in [4.78, 5) is 13.7. The number of carbonyl (C=O) groups is 1. The topological polar surface area (TPSA) is 32.3 Å². The molecule has 0 radical (unpaired) electrons. The lowest BCUT2D eigenvalue weighted by Crippen LogP contribution is -2.41. The van der Waals surface area contributed by atoms with E-state index in [1.165, 1.54) is 12.8 Å². The monoisotopic (exact) mass is 198 g/mol. The van der Waals surface area contributed by atoms with Crippen LogP contribution in [-0.4, -0.2) is 36.5 Å². The molecule has 1 aliphatic heterocycles. The van der Waals surface area contributed by atoms with Crippen LogP contribution in [0.2, 0.25) is 0 Å². The van der Waals surface area contributed by atoms with Crippen molar-refractivity contribution < 1.29 is 4.79 Å². The number of rotatable bonds is 4. The maximum Gasteiger partial charge on any atom is 0.222 e. The van der Waals surface area contributed by atoms with E-state index in [2.05, 4.69) is 19.2 Å². The summed E-state index contributed by atoms with van der Waals surface area (Å²) < 4.78 is 0. The second-order valence-corrected chi connectivity index (χ2v) is 4.11. The second kappa shape index (κ2) is 6.02. The van der Waals surface area contributed by atoms with Gasteiger partial charge in [-0.25, -0.2) is 0 Å². The van der Waals surface area contributed by atoms with E-state index in [0.29, 0.717) is 11.9 Å². The quantitative estimate of drug-likeness (QED) is 0.740. The summed E-state index contributed by atoms with van der Waals surface area (Å²) in [6.45, 7) is 7.03. The van der Waals surface area contributed by atoms with Gasteiger partial charge in [-0.05, 0) is 26.3 Å². The fourth-order valence-corrected chi connectivity index (χ4v) is 1.98. The van der Waals surface area contributed by atoms with Gasteiger partial charge in [-0.2, -0.15) is 0 Å². The number of nitrogens with zero attached hydrogens (tertiary/aromatic N) is 1. The molecule has 0 saturated carbocycles. The Morgan fingerprint density at radius 1 is 1.43 bits per heavy atom. The van der Waals surface area contributed by atoms with Gasteiger partial charge >= 0.3 is 0 Å². The number of nitrogens with one attached hydrogen (secondary N) is 1. The molecular weight excluding hydrogens is 176 g/mol. The van der Waals surface area contributed by atoms with Gasteiger partial charge in [0.1, 0.15) is 0 Å². The van der Waals surface area contributed by atoms with E-state index in [4.69, 9.17) is 0 Å². The SMILES string of the molecule is CCNC(C)CN1CCCCCC1=O. The van der Waals surface area contributed by atoms with Gasteiger partial charge in [-0.15, -0.1) is 0 Å². The Bertz CT molecular complexity index is 182. The molecule has 0 aromatic rings. The third kappa shape index (κ3) is 3.66. The minimum absolute atomic E-state index is 0.340. The summed E-state index contributed by atoms with van der Waals surface area (Å²) in [7, 11) is 0. The van der Waals surface area contributed by atoms with E-state index < -0.39 is 0 Å². The van der Waals surface area contributed by atoms with Gasteiger partial charge in [0.25, 0.3) is 0 Å². The highest BCUT2D eigenvalue weighted by atomic mass is 16.2. The Kier molecular flexibility index (Phi) is 4.94. The van der Waals surface area contributed by atoms with Gasteiger partial charge in [0.05, 0.1) is 0 Å². The average molecular weight is 198 g/mol. The molecule has 14 heavy (non-hydrogen) atoms. The van der Waals surface area contributed by atoms with E-state index in [1.807, 2.05) is 4.90 Å². The smallest absolute Gasteiger partial charge is 0.222 e. The van der Waals surface area contributed by atoms with Crippen LogP contribution in [0.4, 0.5) is 0 Å². The van der Waals surface area contributed by atoms with E-state index in [0.717, 1.165) is 32.5 Å². The van der Waals surface area contributed by atoms with Crippen LogP contribution in [0.15, 0.2) is 0 Å². The number of likely N-dealkylation sites (N-methyl/N-ethyl adjacent to an activating group) is 1. The van der Waals surface area contributed by atoms with E-state index in [-0.39, 0.29) is 0 Å². The van der Waals surface area contributed by atoms with Crippen molar-refractivity contribution in [1.82, 2.24) is 10.2 Å². The number of carbonyl (C=O) groups excluding carboxylic acids is 1. The lowest BCUT2D eigenvalue weighted by molar-refractivity contribution is -0.131. The van der Waals surface area contributed by atoms with Crippen molar-refractivity contribution >= 4 is 5.91 Å². The minimum atomic E-state index is 0.340. The van der Waals surface area contributed by atoms with Crippen molar-refractivity contribution in [1.29, 1.82) is 0 Å². The molecule has 1 aliphatic rings. The lowest BCUT2D eigenvalue weighted by atomic mass is 10.2. The Morgan fingerprint density at radius 3 is 2.93 bits per heavy atom. The molecule has 0 aromatic carbocycles. The van der Waals surface area contributed by atoms with Crippen LogP contribution >= 0.6 is 0 Å². The fraction of sp³-hybridized carbons (Fsp3) is 0.909. The van der Waals surface area contributed by atoms with Crippen molar-refractivity contribution in [3.05, 3.63) is 0 Å². The zero-order valence-electron chi connectivity index (χ0n) is 9.38. The maximum absolute atomic E-state index is 11.7. The first kappa shape index (κ1) is 11.5. The molecule has 0 spiro atoms. The second-order valence-electron chi connectivity index (χ2n) is 4.11. The molecule has 1 heterocycles. The molecule has 1 rings (SSSR count). The molecule has 1 saturated heterocycles. The van der Waals surface area contributed by atoms with Crippen LogP contribution in [0.5, 0.6) is 0 Å². The molecule has 1 amide bonds. The lowest BCUT2D eigenvalue weighted by Gasteiger charge is -2.24. The van der Waals surface area contributed by atoms with Gasteiger partial charge in [0.2, 0.25) is 5.91 Å². The maximum atomic E-state index is 11.7. The largest absolute Gasteiger partial charge is 0.341 e. The predicted octanol–water partition coefficient (Wildman–Crippen LogP) is 1.39.